The number of halogens is 2. The molecule has 4 aromatic carbocycles. The predicted molar refractivity (Wildman–Crippen MR) is 218 cm³/mol. The number of esters is 3. The van der Waals surface area contributed by atoms with Gasteiger partial charge in [0.1, 0.15) is 38.1 Å². The van der Waals surface area contributed by atoms with Crippen LogP contribution in [0.15, 0.2) is 91.0 Å². The SMILES string of the molecule is [2H]c1cc(F)cc2c1c(CC1CC(OC(C)=O)CN1C(=O)OCc1ccccc1)c(-c1[nH]c3cc(F)ccc3c1C(C(=O)OCc1ccc(OC(C)=O)cc1)C1([2H])CCCN1[2H])n2[2H]. The molecule has 2 saturated heterocycles. The summed E-state index contributed by atoms with van der Waals surface area (Å²) in [5.74, 6) is -4.71. The molecule has 2 aliphatic rings. The number of aromatic amines is 2. The van der Waals surface area contributed by atoms with Crippen molar-refractivity contribution in [1.29, 1.82) is 0 Å². The van der Waals surface area contributed by atoms with Gasteiger partial charge in [-0.25, -0.2) is 13.6 Å². The van der Waals surface area contributed by atoms with Gasteiger partial charge in [-0.3, -0.25) is 14.4 Å². The second-order valence-electron chi connectivity index (χ2n) is 14.9. The van der Waals surface area contributed by atoms with Crippen LogP contribution in [0.1, 0.15) is 64.0 Å². The zero-order chi connectivity index (χ0) is 45.4. The largest absolute Gasteiger partial charge is 0.461 e. The first kappa shape index (κ1) is 35.4. The first-order valence-electron chi connectivity index (χ1n) is 21.5. The molecule has 14 heteroatoms. The van der Waals surface area contributed by atoms with Gasteiger partial charge in [0.15, 0.2) is 1.41 Å². The Hall–Kier alpha value is -6.54. The summed E-state index contributed by atoms with van der Waals surface area (Å²) in [5, 5.41) is 1.43. The highest BCUT2D eigenvalue weighted by Crippen LogP contribution is 2.43. The minimum atomic E-state index is -1.94. The van der Waals surface area contributed by atoms with Crippen molar-refractivity contribution in [2.45, 2.75) is 76.8 Å². The third kappa shape index (κ3) is 8.74. The zero-order valence-corrected chi connectivity index (χ0v) is 32.8. The standard InChI is InChI=1S/C46H44F2N4O8/c1-26(53)59-33-14-10-29(11-15-33)24-57-45(55)42(38-9-6-18-49-38)41-36-17-13-31(48)20-40(36)51-44(41)43-37(35-16-12-30(47)19-39(35)50-43)22-32-21-34(60-27(2)54)23-52(32)46(56)58-25-28-7-4-3-5-8-28/h3-5,7-8,10-17,19-20,32,34,38,42,49-51H,6,9,18,21-25H2,1-2H3/i16D,38D/hD2. The maximum atomic E-state index is 15.2. The lowest BCUT2D eigenvalue weighted by atomic mass is 9.86. The number of carbonyl (C=O) groups is 4. The fourth-order valence-electron chi connectivity index (χ4n) is 8.10. The van der Waals surface area contributed by atoms with Crippen LogP contribution in [0.5, 0.6) is 5.75 Å². The molecule has 0 spiro atoms. The summed E-state index contributed by atoms with van der Waals surface area (Å²) >= 11 is 0. The lowest BCUT2D eigenvalue weighted by Gasteiger charge is -2.25. The molecule has 4 heterocycles. The first-order chi connectivity index (χ1) is 30.6. The van der Waals surface area contributed by atoms with Gasteiger partial charge in [0.2, 0.25) is 0 Å². The van der Waals surface area contributed by atoms with E-state index in [-0.39, 0.29) is 102 Å². The number of fused-ring (bicyclic) bond motifs is 2. The molecule has 0 aliphatic carbocycles. The molecule has 0 bridgehead atoms. The van der Waals surface area contributed by atoms with Gasteiger partial charge in [-0.1, -0.05) is 42.5 Å². The molecule has 12 nitrogen and oxygen atoms in total. The molecule has 0 saturated carbocycles. The van der Waals surface area contributed by atoms with E-state index in [9.17, 15) is 22.0 Å². The maximum Gasteiger partial charge on any atom is 0.410 e. The van der Waals surface area contributed by atoms with E-state index in [1.165, 1.54) is 49.1 Å². The Kier molecular flexibility index (Phi) is 10.2. The molecule has 2 fully saturated rings. The van der Waals surface area contributed by atoms with E-state index in [0.717, 1.165) is 28.0 Å². The highest BCUT2D eigenvalue weighted by Gasteiger charge is 2.41. The van der Waals surface area contributed by atoms with Gasteiger partial charge in [0.05, 0.1) is 25.2 Å². The van der Waals surface area contributed by atoms with Gasteiger partial charge < -0.3 is 39.1 Å². The van der Waals surface area contributed by atoms with Crippen molar-refractivity contribution in [1.82, 2.24) is 20.2 Å². The Morgan fingerprint density at radius 3 is 2.35 bits per heavy atom. The smallest absolute Gasteiger partial charge is 0.410 e. The third-order valence-corrected chi connectivity index (χ3v) is 10.7. The second-order valence-corrected chi connectivity index (χ2v) is 14.9. The quantitative estimate of drug-likeness (QED) is 0.0634. The molecular formula is C46H44F2N4O8. The van der Waals surface area contributed by atoms with Crippen LogP contribution >= 0.6 is 0 Å². The van der Waals surface area contributed by atoms with Gasteiger partial charge in [0, 0.05) is 61.1 Å². The second kappa shape index (κ2) is 17.4. The van der Waals surface area contributed by atoms with Crippen LogP contribution in [0.4, 0.5) is 13.6 Å². The monoisotopic (exact) mass is 822 g/mol. The van der Waals surface area contributed by atoms with Gasteiger partial charge in [-0.2, -0.15) is 0 Å². The van der Waals surface area contributed by atoms with Crippen molar-refractivity contribution in [2.75, 3.05) is 13.1 Å². The highest BCUT2D eigenvalue weighted by atomic mass is 19.1. The van der Waals surface area contributed by atoms with Crippen molar-refractivity contribution in [2.24, 2.45) is 0 Å². The Balaban J connectivity index is 1.27. The summed E-state index contributed by atoms with van der Waals surface area (Å²) in [7, 11) is 0. The summed E-state index contributed by atoms with van der Waals surface area (Å²) in [5.41, 5.74) is 1.85. The number of H-pyrrole nitrogens is 2. The number of nitrogens with zero attached hydrogens (tertiary/aromatic N) is 1. The number of aromatic nitrogens is 2. The number of benzene rings is 4. The van der Waals surface area contributed by atoms with Crippen molar-refractivity contribution < 1.29 is 52.5 Å². The topological polar surface area (TPSA) is 152 Å². The number of hydrogen-bond donors (Lipinski definition) is 3. The Labute approximate surface area is 349 Å². The molecular weight excluding hydrogens is 775 g/mol. The van der Waals surface area contributed by atoms with Gasteiger partial charge in [-0.05, 0) is 91.0 Å². The van der Waals surface area contributed by atoms with Crippen LogP contribution in [0, 0.1) is 11.6 Å². The van der Waals surface area contributed by atoms with E-state index < -0.39 is 59.7 Å². The lowest BCUT2D eigenvalue weighted by Crippen LogP contribution is -2.37. The van der Waals surface area contributed by atoms with Crippen LogP contribution in [-0.2, 0) is 48.2 Å². The predicted octanol–water partition coefficient (Wildman–Crippen LogP) is 7.98. The minimum Gasteiger partial charge on any atom is -0.461 e. The van der Waals surface area contributed by atoms with Gasteiger partial charge in [0.25, 0.3) is 0 Å². The normalized spacial score (nSPS) is 20.6. The first-order valence-corrected chi connectivity index (χ1v) is 19.6. The van der Waals surface area contributed by atoms with Crippen molar-refractivity contribution in [3.8, 4) is 17.1 Å². The zero-order valence-electron chi connectivity index (χ0n) is 36.8. The average molecular weight is 823 g/mol. The van der Waals surface area contributed by atoms with E-state index >= 15 is 8.78 Å². The molecule has 1 amide bonds. The highest BCUT2D eigenvalue weighted by molar-refractivity contribution is 5.99. The Morgan fingerprint density at radius 1 is 0.883 bits per heavy atom. The number of likely N-dealkylation sites (tertiary alicyclic amines) is 1. The van der Waals surface area contributed by atoms with E-state index in [1.807, 2.05) is 6.07 Å². The fraction of sp³-hybridized carbons (Fsp3) is 0.304. The lowest BCUT2D eigenvalue weighted by molar-refractivity contribution is -0.147. The molecule has 310 valence electrons. The van der Waals surface area contributed by atoms with Crippen molar-refractivity contribution in [3.63, 3.8) is 0 Å². The van der Waals surface area contributed by atoms with E-state index in [2.05, 4.69) is 4.98 Å². The number of amides is 1. The molecule has 3 N–H and O–H groups in total. The molecule has 0 radical (unpaired) electrons. The van der Waals surface area contributed by atoms with E-state index in [0.29, 0.717) is 12.0 Å². The number of carbonyl (C=O) groups excluding carboxylic acids is 4. The third-order valence-electron chi connectivity index (χ3n) is 10.7. The van der Waals surface area contributed by atoms with Crippen LogP contribution < -0.4 is 10.0 Å². The van der Waals surface area contributed by atoms with Crippen LogP contribution in [0.3, 0.4) is 0 Å². The Morgan fingerprint density at radius 2 is 1.62 bits per heavy atom. The van der Waals surface area contributed by atoms with Gasteiger partial charge >= 0.3 is 24.0 Å². The van der Waals surface area contributed by atoms with Crippen LogP contribution in [0.2, 0.25) is 2.82 Å². The van der Waals surface area contributed by atoms with Crippen molar-refractivity contribution in [3.05, 3.63) is 125 Å². The average Bonchev–Trinajstić information content (AvgIpc) is 3.98. The number of ether oxygens (including phenoxy) is 4. The molecule has 6 aromatic rings. The number of nitrogens with one attached hydrogen (secondary N) is 3. The van der Waals surface area contributed by atoms with Crippen molar-refractivity contribution >= 4 is 45.8 Å². The van der Waals surface area contributed by atoms with E-state index in [4.69, 9.17) is 21.7 Å². The van der Waals surface area contributed by atoms with E-state index in [1.54, 1.807) is 36.4 Å². The number of rotatable bonds is 12. The molecule has 8 rings (SSSR count). The summed E-state index contributed by atoms with van der Waals surface area (Å²) in [4.78, 5) is 57.8. The number of hydrogen-bond acceptors (Lipinski definition) is 9. The maximum absolute atomic E-state index is 15.2. The van der Waals surface area contributed by atoms with Crippen LogP contribution in [0.25, 0.3) is 33.2 Å². The summed E-state index contributed by atoms with van der Waals surface area (Å²) in [6.07, 6.45) is -0.984. The molecule has 60 heavy (non-hydrogen) atoms. The summed E-state index contributed by atoms with van der Waals surface area (Å²) < 4.78 is 89.9. The fourth-order valence-corrected chi connectivity index (χ4v) is 8.10. The molecule has 2 aliphatic heterocycles. The molecule has 4 atom stereocenters. The Bertz CT molecular complexity index is 2770. The van der Waals surface area contributed by atoms with Crippen LogP contribution in [-0.4, -0.2) is 70.1 Å². The molecule has 4 unspecified atom stereocenters. The summed E-state index contributed by atoms with van der Waals surface area (Å²) in [6, 6.07) is 18.2. The summed E-state index contributed by atoms with van der Waals surface area (Å²) in [6.45, 7) is 2.30. The minimum absolute atomic E-state index is 0.0197. The van der Waals surface area contributed by atoms with Gasteiger partial charge in [-0.15, -0.1) is 0 Å². The molecule has 2 aromatic heterocycles.